The van der Waals surface area contributed by atoms with Crippen LogP contribution in [0, 0.1) is 0 Å². The Bertz CT molecular complexity index is 4190. The van der Waals surface area contributed by atoms with E-state index >= 15 is 0 Å². The highest BCUT2D eigenvalue weighted by atomic mass is 35.5. The smallest absolute Gasteiger partial charge is 0.416 e. The molecule has 4 aliphatic heterocycles. The number of aliphatic hydroxyl groups is 1. The third-order valence-electron chi connectivity index (χ3n) is 20.7. The Labute approximate surface area is 684 Å². The van der Waals surface area contributed by atoms with Crippen molar-refractivity contribution in [2.45, 2.75) is 306 Å². The van der Waals surface area contributed by atoms with E-state index in [1.807, 2.05) is 69.2 Å². The summed E-state index contributed by atoms with van der Waals surface area (Å²) in [7, 11) is -10.3. The van der Waals surface area contributed by atoms with Crippen molar-refractivity contribution in [2.75, 3.05) is 95.9 Å². The third kappa shape index (κ3) is 23.5. The van der Waals surface area contributed by atoms with Gasteiger partial charge in [-0.2, -0.15) is 30.1 Å². The summed E-state index contributed by atoms with van der Waals surface area (Å²) < 4.78 is 119. The highest BCUT2D eigenvalue weighted by Crippen LogP contribution is 2.56. The van der Waals surface area contributed by atoms with Gasteiger partial charge in [-0.25, -0.2) is 19.0 Å². The van der Waals surface area contributed by atoms with Gasteiger partial charge in [-0.05, 0) is 168 Å². The molecule has 0 bridgehead atoms. The summed E-state index contributed by atoms with van der Waals surface area (Å²) in [6, 6.07) is 2.60. The highest BCUT2D eigenvalue weighted by molar-refractivity contribution is 7.64. The Balaban J connectivity index is 0.000000249. The molecule has 2 saturated carbocycles. The van der Waals surface area contributed by atoms with Gasteiger partial charge in [0.2, 0.25) is 10.6 Å². The standard InChI is InChI=1S/C41H71ClN9O10PSi2.C33H55ClN5O9PSi/c1-39(2,3)61-38(52)50(28-16-14-15-17-28)34-29-22-43-51(35(29)45-37(42)44-34)36-33-32(59-40(4,5)60-33)30(58-36)23-57-41(62(6,7)53,25-54-18-20-63(8,9)10)26-56-24-31-46-48-49(47-31)27-55-19-21-64(11,12)13;1-31(2,3)48-30(41)38(21-13-11-12-14-21)26-22-17-35-39(27(22)37-29(34)36-26)28-25-24(46-32(4,5)47-25)23(45-28)18-44-33(19-40,49(6,7)42)20-43-15-16-50(8,9)10/h22,28,30,32-33,36H,14-21,23-27H2,1-13H3;17,21,23-25,28,40H,11-16,18-20H2,1-10H3/t30-,32-,33-,36-,41?;23-,24-,25-,28-,33?/m11/s1. The lowest BCUT2D eigenvalue weighted by Crippen LogP contribution is -2.46. The fourth-order valence-electron chi connectivity index (χ4n) is 14.4. The zero-order chi connectivity index (χ0) is 83.7. The van der Waals surface area contributed by atoms with Gasteiger partial charge in [-0.1, -0.05) is 84.6 Å². The van der Waals surface area contributed by atoms with Crippen molar-refractivity contribution in [3.63, 3.8) is 0 Å². The molecule has 40 heteroatoms. The summed E-state index contributed by atoms with van der Waals surface area (Å²) in [6.07, 6.45) is 3.62. The first-order chi connectivity index (χ1) is 52.9. The zero-order valence-electron chi connectivity index (χ0n) is 71.2. The topological polar surface area (TPSA) is 355 Å². The molecule has 5 aromatic heterocycles. The maximum atomic E-state index is 14.5. The van der Waals surface area contributed by atoms with Crippen LogP contribution in [-0.2, 0) is 88.8 Å². The van der Waals surface area contributed by atoms with Gasteiger partial charge in [0.05, 0.1) is 62.8 Å². The van der Waals surface area contributed by atoms with Gasteiger partial charge in [-0.3, -0.25) is 9.80 Å². The minimum Gasteiger partial charge on any atom is -0.443 e. The summed E-state index contributed by atoms with van der Waals surface area (Å²) in [5.41, 5.74) is -0.772. The van der Waals surface area contributed by atoms with E-state index in [9.17, 15) is 23.8 Å². The van der Waals surface area contributed by atoms with Crippen molar-refractivity contribution in [3.05, 3.63) is 28.8 Å². The first-order valence-corrected chi connectivity index (χ1v) is 56.9. The second-order valence-corrected chi connectivity index (χ2v) is 62.7. The third-order valence-corrected chi connectivity index (χ3v) is 30.9. The number of aromatic nitrogens is 12. The van der Waals surface area contributed by atoms with E-state index < -0.39 is 140 Å². The average Bonchev–Trinajstić information content (AvgIpc) is 1.59. The highest BCUT2D eigenvalue weighted by Gasteiger charge is 2.60. The maximum absolute atomic E-state index is 14.5. The summed E-state index contributed by atoms with van der Waals surface area (Å²) >= 11 is 13.2. The number of nitrogens with zero attached hydrogens (tertiary/aromatic N) is 14. The van der Waals surface area contributed by atoms with Gasteiger partial charge < -0.3 is 80.6 Å². The largest absolute Gasteiger partial charge is 0.443 e. The number of carbonyl (C=O) groups is 2. The number of hydrogen-bond donors (Lipinski definition) is 1. The van der Waals surface area contributed by atoms with Crippen LogP contribution in [0.15, 0.2) is 12.4 Å². The van der Waals surface area contributed by atoms with Gasteiger partial charge in [0.1, 0.15) is 68.7 Å². The molecule has 9 heterocycles. The van der Waals surface area contributed by atoms with E-state index in [0.29, 0.717) is 59.3 Å². The molecule has 1 N–H and O–H groups in total. The van der Waals surface area contributed by atoms with E-state index in [-0.39, 0.29) is 69.0 Å². The number of amides is 2. The second-order valence-electron chi connectivity index (χ2n) is 38.1. The first-order valence-electron chi connectivity index (χ1n) is 39.8. The van der Waals surface area contributed by atoms with Gasteiger partial charge in [-0.15, -0.1) is 15.0 Å². The lowest BCUT2D eigenvalue weighted by molar-refractivity contribution is -0.208. The minimum atomic E-state index is -3.15. The van der Waals surface area contributed by atoms with Crippen LogP contribution in [-0.4, -0.2) is 270 Å². The number of halogens is 2. The Morgan fingerprint density at radius 3 is 1.33 bits per heavy atom. The number of anilines is 2. The van der Waals surface area contributed by atoms with Crippen molar-refractivity contribution in [3.8, 4) is 0 Å². The molecule has 0 radical (unpaired) electrons. The van der Waals surface area contributed by atoms with Gasteiger partial charge >= 0.3 is 12.2 Å². The number of hydrogen-bond acceptors (Lipinski definition) is 28. The van der Waals surface area contributed by atoms with Crippen LogP contribution >= 0.6 is 37.5 Å². The molecule has 114 heavy (non-hydrogen) atoms. The summed E-state index contributed by atoms with van der Waals surface area (Å²) in [5.74, 6) is -0.963. The molecule has 10 atom stereocenters. The normalized spacial score (nSPS) is 24.1. The van der Waals surface area contributed by atoms with E-state index in [1.54, 1.807) is 58.2 Å². The van der Waals surface area contributed by atoms with Crippen LogP contribution in [0.3, 0.4) is 0 Å². The molecule has 0 spiro atoms. The van der Waals surface area contributed by atoms with Crippen LogP contribution in [0.4, 0.5) is 21.2 Å². The number of rotatable bonds is 34. The minimum absolute atomic E-state index is 0.00234. The fourth-order valence-corrected chi connectivity index (χ4v) is 19.3. The maximum Gasteiger partial charge on any atom is 0.416 e. The molecule has 0 aromatic carbocycles. The Kier molecular flexibility index (Phi) is 29.3. The predicted octanol–water partition coefficient (Wildman–Crippen LogP) is 14.1. The van der Waals surface area contributed by atoms with Crippen molar-refractivity contribution < 1.29 is 90.1 Å². The molecule has 2 unspecified atom stereocenters. The molecular weight excluding hydrogens is 1610 g/mol. The van der Waals surface area contributed by atoms with E-state index in [0.717, 1.165) is 69.5 Å². The van der Waals surface area contributed by atoms with E-state index in [4.69, 9.17) is 94.6 Å². The monoisotopic (exact) mass is 1730 g/mol. The van der Waals surface area contributed by atoms with Crippen LogP contribution in [0.1, 0.15) is 139 Å². The molecule has 11 rings (SSSR count). The second kappa shape index (κ2) is 36.3. The molecular formula is C74H126Cl2N14O19P2Si3. The summed E-state index contributed by atoms with van der Waals surface area (Å²) in [6.45, 7) is 46.3. The van der Waals surface area contributed by atoms with Crippen molar-refractivity contribution in [2.24, 2.45) is 0 Å². The summed E-state index contributed by atoms with van der Waals surface area (Å²) in [4.78, 5) is 50.3. The molecule has 642 valence electrons. The number of fused-ring (bicyclic) bond motifs is 4. The number of carbonyl (C=O) groups excluding carboxylic acids is 2. The summed E-state index contributed by atoms with van der Waals surface area (Å²) in [5, 5.41) is 30.7. The van der Waals surface area contributed by atoms with Crippen molar-refractivity contribution >= 4 is 108 Å². The van der Waals surface area contributed by atoms with E-state index in [2.05, 4.69) is 99.4 Å². The molecule has 6 fully saturated rings. The molecule has 5 aromatic rings. The van der Waals surface area contributed by atoms with Gasteiger partial charge in [0.15, 0.2) is 70.2 Å². The van der Waals surface area contributed by atoms with Crippen molar-refractivity contribution in [1.82, 2.24) is 59.7 Å². The van der Waals surface area contributed by atoms with Crippen molar-refractivity contribution in [1.29, 1.82) is 0 Å². The fraction of sp³-hybridized carbons (Fsp3) is 0.824. The zero-order valence-corrected chi connectivity index (χ0v) is 77.5. The Hall–Kier alpha value is -4.12. The van der Waals surface area contributed by atoms with Crippen LogP contribution in [0.2, 0.25) is 87.6 Å². The molecule has 2 amide bonds. The van der Waals surface area contributed by atoms with Gasteiger partial charge in [0.25, 0.3) is 0 Å². The molecule has 2 aliphatic carbocycles. The lowest BCUT2D eigenvalue weighted by atomic mass is 10.1. The lowest BCUT2D eigenvalue weighted by Gasteiger charge is -2.38. The molecule has 33 nitrogen and oxygen atoms in total. The number of aliphatic hydroxyl groups excluding tert-OH is 1. The molecule has 4 saturated heterocycles. The van der Waals surface area contributed by atoms with Crippen LogP contribution < -0.4 is 9.80 Å². The van der Waals surface area contributed by atoms with E-state index in [1.165, 1.54) is 4.80 Å². The quantitative estimate of drug-likeness (QED) is 0.0173. The first kappa shape index (κ1) is 92.2. The van der Waals surface area contributed by atoms with Crippen LogP contribution in [0.25, 0.3) is 22.1 Å². The number of ether oxygens (including phenoxy) is 14. The number of tetrazole rings is 1. The Morgan fingerprint density at radius 1 is 0.570 bits per heavy atom. The van der Waals surface area contributed by atoms with Gasteiger partial charge in [0, 0.05) is 56.1 Å². The van der Waals surface area contributed by atoms with Crippen LogP contribution in [0.5, 0.6) is 0 Å². The SMILES string of the molecule is CC(C)(C)OC(=O)N(c1nc(Cl)nc2c1cnn2[C@@H]1O[C@H](COC(CO)(COCC[Si](C)(C)C)P(C)(C)=O)[C@H]2OC(C)(C)O[C@H]21)C1CCCC1.CC(C)(C)OC(=O)N(c1nc(Cl)nc2c1cnn2[C@@H]1O[C@H](COC(COCC[Si](C)(C)C)(COCc2nnn(COCC[Si](C)(C)C)n2)P(C)(C)=O)[C@H]2OC(C)(C)O[C@H]21)C1CCCC1. The Morgan fingerprint density at radius 2 is 0.947 bits per heavy atom. The average molecular weight is 1730 g/mol. The molecule has 6 aliphatic rings. The predicted molar refractivity (Wildman–Crippen MR) is 441 cm³/mol.